The van der Waals surface area contributed by atoms with Gasteiger partial charge in [0.2, 0.25) is 5.91 Å². The van der Waals surface area contributed by atoms with Crippen molar-refractivity contribution in [1.82, 2.24) is 15.5 Å². The number of benzene rings is 2. The van der Waals surface area contributed by atoms with E-state index in [-0.39, 0.29) is 11.9 Å². The fraction of sp³-hybridized carbons (Fsp3) is 0.417. The third-order valence-corrected chi connectivity index (χ3v) is 5.63. The van der Waals surface area contributed by atoms with E-state index in [0.717, 1.165) is 49.7 Å². The average molecular weight is 407 g/mol. The molecule has 0 saturated heterocycles. The molecule has 0 radical (unpaired) electrons. The Balaban J connectivity index is 1.28. The molecule has 0 aliphatic carbocycles. The second-order valence-corrected chi connectivity index (χ2v) is 7.75. The van der Waals surface area contributed by atoms with E-state index in [1.807, 2.05) is 35.2 Å². The number of rotatable bonds is 6. The first-order chi connectivity index (χ1) is 14.7. The lowest BCUT2D eigenvalue weighted by Gasteiger charge is -2.28. The highest BCUT2D eigenvalue weighted by atomic mass is 16.5. The second-order valence-electron chi connectivity index (χ2n) is 7.75. The number of para-hydroxylation sites is 1. The molecule has 1 amide bonds. The number of nitrogens with one attached hydrogen (secondary N) is 2. The Morgan fingerprint density at radius 1 is 1.13 bits per heavy atom. The van der Waals surface area contributed by atoms with Gasteiger partial charge in [-0.15, -0.1) is 0 Å². The Hall–Kier alpha value is -3.02. The lowest BCUT2D eigenvalue weighted by molar-refractivity contribution is -0.131. The SMILES string of the molecule is CCNC(=NCCCC(=O)N1Cc2ccccc2C1)NC1CCOc2ccccc21. The van der Waals surface area contributed by atoms with E-state index < -0.39 is 0 Å². The molecule has 2 aromatic rings. The summed E-state index contributed by atoms with van der Waals surface area (Å²) in [6, 6.07) is 16.6. The standard InChI is InChI=1S/C24H30N4O2/c1-2-25-24(27-21-13-15-30-22-11-6-5-10-20(21)22)26-14-7-12-23(29)28-16-18-8-3-4-9-19(18)17-28/h3-6,8-11,21H,2,7,12-17H2,1H3,(H2,25,26,27). The summed E-state index contributed by atoms with van der Waals surface area (Å²) in [5.74, 6) is 1.94. The van der Waals surface area contributed by atoms with Gasteiger partial charge in [0.15, 0.2) is 5.96 Å². The quantitative estimate of drug-likeness (QED) is 0.438. The van der Waals surface area contributed by atoms with E-state index in [1.54, 1.807) is 0 Å². The Morgan fingerprint density at radius 2 is 1.87 bits per heavy atom. The number of guanidine groups is 1. The minimum Gasteiger partial charge on any atom is -0.493 e. The van der Waals surface area contributed by atoms with Crippen LogP contribution < -0.4 is 15.4 Å². The molecule has 2 aromatic carbocycles. The minimum absolute atomic E-state index is 0.178. The van der Waals surface area contributed by atoms with Crippen LogP contribution in [0.15, 0.2) is 53.5 Å². The number of fused-ring (bicyclic) bond motifs is 2. The zero-order valence-electron chi connectivity index (χ0n) is 17.6. The predicted octanol–water partition coefficient (Wildman–Crippen LogP) is 3.39. The minimum atomic E-state index is 0.178. The third kappa shape index (κ3) is 4.75. The molecule has 1 atom stereocenters. The van der Waals surface area contributed by atoms with E-state index >= 15 is 0 Å². The fourth-order valence-electron chi connectivity index (χ4n) is 4.07. The van der Waals surface area contributed by atoms with Gasteiger partial charge in [0, 0.05) is 44.6 Å². The van der Waals surface area contributed by atoms with E-state index in [0.29, 0.717) is 19.6 Å². The lowest BCUT2D eigenvalue weighted by atomic mass is 10.0. The molecule has 0 spiro atoms. The highest BCUT2D eigenvalue weighted by molar-refractivity contribution is 5.80. The topological polar surface area (TPSA) is 66.0 Å². The molecule has 30 heavy (non-hydrogen) atoms. The molecule has 2 heterocycles. The van der Waals surface area contributed by atoms with E-state index in [1.165, 1.54) is 11.1 Å². The van der Waals surface area contributed by atoms with Crippen LogP contribution in [0.1, 0.15) is 48.9 Å². The summed E-state index contributed by atoms with van der Waals surface area (Å²) in [6.07, 6.45) is 2.17. The monoisotopic (exact) mass is 406 g/mol. The maximum absolute atomic E-state index is 12.6. The van der Waals surface area contributed by atoms with Crippen molar-refractivity contribution in [3.8, 4) is 5.75 Å². The molecule has 0 fully saturated rings. The molecule has 0 saturated carbocycles. The fourth-order valence-corrected chi connectivity index (χ4v) is 4.07. The molecule has 2 aliphatic rings. The maximum atomic E-state index is 12.6. The number of carbonyl (C=O) groups excluding carboxylic acids is 1. The van der Waals surface area contributed by atoms with Gasteiger partial charge in [-0.3, -0.25) is 9.79 Å². The first-order valence-corrected chi connectivity index (χ1v) is 10.9. The number of aliphatic imine (C=N–C) groups is 1. The molecule has 4 rings (SSSR count). The van der Waals surface area contributed by atoms with Crippen molar-refractivity contribution in [3.05, 3.63) is 65.2 Å². The Bertz CT molecular complexity index is 887. The highest BCUT2D eigenvalue weighted by Gasteiger charge is 2.23. The molecule has 0 bridgehead atoms. The van der Waals surface area contributed by atoms with Gasteiger partial charge in [0.1, 0.15) is 5.75 Å². The van der Waals surface area contributed by atoms with Crippen LogP contribution in [-0.2, 0) is 17.9 Å². The normalized spacial score (nSPS) is 17.7. The highest BCUT2D eigenvalue weighted by Crippen LogP contribution is 2.31. The van der Waals surface area contributed by atoms with Gasteiger partial charge in [0.25, 0.3) is 0 Å². The molecular formula is C24H30N4O2. The average Bonchev–Trinajstić information content (AvgIpc) is 3.21. The summed E-state index contributed by atoms with van der Waals surface area (Å²) in [5.41, 5.74) is 3.69. The van der Waals surface area contributed by atoms with E-state index in [9.17, 15) is 4.79 Å². The number of hydrogen-bond acceptors (Lipinski definition) is 3. The van der Waals surface area contributed by atoms with Crippen molar-refractivity contribution in [3.63, 3.8) is 0 Å². The number of nitrogens with zero attached hydrogens (tertiary/aromatic N) is 2. The number of ether oxygens (including phenoxy) is 1. The van der Waals surface area contributed by atoms with Gasteiger partial charge in [-0.25, -0.2) is 0 Å². The summed E-state index contributed by atoms with van der Waals surface area (Å²) in [5, 5.41) is 6.85. The molecule has 2 aliphatic heterocycles. The van der Waals surface area contributed by atoms with Crippen LogP contribution in [0.2, 0.25) is 0 Å². The van der Waals surface area contributed by atoms with Crippen LogP contribution in [0, 0.1) is 0 Å². The van der Waals surface area contributed by atoms with Gasteiger partial charge in [0.05, 0.1) is 12.6 Å². The zero-order valence-corrected chi connectivity index (χ0v) is 17.6. The van der Waals surface area contributed by atoms with Gasteiger partial charge in [-0.2, -0.15) is 0 Å². The van der Waals surface area contributed by atoms with Crippen molar-refractivity contribution >= 4 is 11.9 Å². The molecule has 158 valence electrons. The van der Waals surface area contributed by atoms with Crippen LogP contribution in [-0.4, -0.2) is 36.5 Å². The molecule has 6 nitrogen and oxygen atoms in total. The van der Waals surface area contributed by atoms with Gasteiger partial charge in [-0.05, 0) is 30.5 Å². The van der Waals surface area contributed by atoms with Crippen molar-refractivity contribution in [2.75, 3.05) is 19.7 Å². The summed E-state index contributed by atoms with van der Waals surface area (Å²) >= 11 is 0. The van der Waals surface area contributed by atoms with Crippen molar-refractivity contribution in [1.29, 1.82) is 0 Å². The van der Waals surface area contributed by atoms with E-state index in [4.69, 9.17) is 9.73 Å². The van der Waals surface area contributed by atoms with Crippen LogP contribution in [0.4, 0.5) is 0 Å². The van der Waals surface area contributed by atoms with Gasteiger partial charge < -0.3 is 20.3 Å². The summed E-state index contributed by atoms with van der Waals surface area (Å²) in [4.78, 5) is 19.2. The van der Waals surface area contributed by atoms with Crippen LogP contribution in [0.3, 0.4) is 0 Å². The Labute approximate surface area is 178 Å². The number of amides is 1. The first-order valence-electron chi connectivity index (χ1n) is 10.9. The number of hydrogen-bond donors (Lipinski definition) is 2. The van der Waals surface area contributed by atoms with Crippen LogP contribution >= 0.6 is 0 Å². The third-order valence-electron chi connectivity index (χ3n) is 5.63. The van der Waals surface area contributed by atoms with E-state index in [2.05, 4.69) is 35.8 Å². The summed E-state index contributed by atoms with van der Waals surface area (Å²) in [6.45, 7) is 5.62. The molecule has 2 N–H and O–H groups in total. The maximum Gasteiger partial charge on any atom is 0.223 e. The van der Waals surface area contributed by atoms with Gasteiger partial charge >= 0.3 is 0 Å². The summed E-state index contributed by atoms with van der Waals surface area (Å²) in [7, 11) is 0. The smallest absolute Gasteiger partial charge is 0.223 e. The second kappa shape index (κ2) is 9.65. The molecular weight excluding hydrogens is 376 g/mol. The zero-order chi connectivity index (χ0) is 20.8. The van der Waals surface area contributed by atoms with Gasteiger partial charge in [-0.1, -0.05) is 42.5 Å². The first kappa shape index (κ1) is 20.3. The van der Waals surface area contributed by atoms with Crippen LogP contribution in [0.5, 0.6) is 5.75 Å². The van der Waals surface area contributed by atoms with Crippen molar-refractivity contribution in [2.45, 2.75) is 45.3 Å². The number of carbonyl (C=O) groups is 1. The Morgan fingerprint density at radius 3 is 2.63 bits per heavy atom. The van der Waals surface area contributed by atoms with Crippen molar-refractivity contribution in [2.24, 2.45) is 4.99 Å². The van der Waals surface area contributed by atoms with Crippen molar-refractivity contribution < 1.29 is 9.53 Å². The lowest BCUT2D eigenvalue weighted by Crippen LogP contribution is -2.41. The van der Waals surface area contributed by atoms with Crippen LogP contribution in [0.25, 0.3) is 0 Å². The largest absolute Gasteiger partial charge is 0.493 e. The summed E-state index contributed by atoms with van der Waals surface area (Å²) < 4.78 is 5.75. The molecule has 1 unspecified atom stereocenters. The predicted molar refractivity (Wildman–Crippen MR) is 118 cm³/mol. The molecule has 0 aromatic heterocycles. The molecule has 6 heteroatoms. The Kier molecular flexibility index (Phi) is 6.52.